The van der Waals surface area contributed by atoms with Crippen LogP contribution in [0, 0.1) is 0 Å². The van der Waals surface area contributed by atoms with E-state index in [0.29, 0.717) is 5.08 Å². The highest BCUT2D eigenvalue weighted by molar-refractivity contribution is 8.75. The largest absolute Gasteiger partial charge is 0.217 e. The van der Waals surface area contributed by atoms with Gasteiger partial charge in [-0.2, -0.15) is 0 Å². The Morgan fingerprint density at radius 2 is 1.89 bits per heavy atom. The number of rotatable bonds is 0. The van der Waals surface area contributed by atoms with Gasteiger partial charge in [-0.3, -0.25) is 0 Å². The first-order valence-corrected chi connectivity index (χ1v) is 7.70. The molecule has 0 bridgehead atoms. The minimum Gasteiger partial charge on any atom is -0.217 e. The summed E-state index contributed by atoms with van der Waals surface area (Å²) in [6, 6.07) is 0. The minimum atomic E-state index is -2.76. The van der Waals surface area contributed by atoms with Gasteiger partial charge in [0.1, 0.15) is 5.08 Å². The summed E-state index contributed by atoms with van der Waals surface area (Å²) in [5.41, 5.74) is 0. The van der Waals surface area contributed by atoms with Crippen LogP contribution < -0.4 is 0 Å². The van der Waals surface area contributed by atoms with Gasteiger partial charge >= 0.3 is 0 Å². The zero-order chi connectivity index (χ0) is 6.74. The van der Waals surface area contributed by atoms with Gasteiger partial charge in [0, 0.05) is 5.08 Å². The van der Waals surface area contributed by atoms with E-state index in [0.717, 1.165) is 15.9 Å². The second-order valence-corrected chi connectivity index (χ2v) is 8.66. The Bertz CT molecular complexity index is 158. The minimum absolute atomic E-state index is 0.282. The molecule has 1 saturated heterocycles. The normalized spacial score (nSPS) is 27.1. The van der Waals surface area contributed by atoms with Crippen molar-refractivity contribution >= 4 is 43.2 Å². The van der Waals surface area contributed by atoms with Gasteiger partial charge in [0.05, 0.1) is 5.08 Å². The highest BCUT2D eigenvalue weighted by Crippen LogP contribution is 2.29. The SMILES string of the molecule is O=S1(=O)CSCSCS1. The molecule has 1 fully saturated rings. The summed E-state index contributed by atoms with van der Waals surface area (Å²) < 4.78 is 21.6. The van der Waals surface area contributed by atoms with Gasteiger partial charge in [-0.1, -0.05) is 0 Å². The first-order valence-electron chi connectivity index (χ1n) is 2.23. The Kier molecular flexibility index (Phi) is 3.07. The Hall–Kier alpha value is 1.000. The lowest BCUT2D eigenvalue weighted by Gasteiger charge is -1.91. The maximum absolute atomic E-state index is 10.8. The van der Waals surface area contributed by atoms with Gasteiger partial charge in [-0.05, 0) is 10.8 Å². The monoisotopic (exact) mass is 202 g/mol. The molecule has 9 heavy (non-hydrogen) atoms. The first kappa shape index (κ1) is 8.10. The van der Waals surface area contributed by atoms with Crippen LogP contribution >= 0.6 is 34.3 Å². The second-order valence-electron chi connectivity index (χ2n) is 1.44. The van der Waals surface area contributed by atoms with Crippen molar-refractivity contribution < 1.29 is 8.42 Å². The summed E-state index contributed by atoms with van der Waals surface area (Å²) in [6.45, 7) is 0. The summed E-state index contributed by atoms with van der Waals surface area (Å²) in [6.07, 6.45) is 0. The molecule has 2 nitrogen and oxygen atoms in total. The summed E-state index contributed by atoms with van der Waals surface area (Å²) in [5, 5.41) is 1.88. The van der Waals surface area contributed by atoms with E-state index in [2.05, 4.69) is 0 Å². The fourth-order valence-electron chi connectivity index (χ4n) is 0.370. The molecule has 54 valence electrons. The Labute approximate surface area is 66.9 Å². The van der Waals surface area contributed by atoms with Crippen molar-refractivity contribution in [3.63, 3.8) is 0 Å². The molecule has 1 aliphatic heterocycles. The molecule has 0 atom stereocenters. The van der Waals surface area contributed by atoms with Crippen LogP contribution in [-0.2, 0) is 8.87 Å². The Morgan fingerprint density at radius 3 is 2.67 bits per heavy atom. The van der Waals surface area contributed by atoms with E-state index < -0.39 is 8.87 Å². The van der Waals surface area contributed by atoms with Gasteiger partial charge in [-0.25, -0.2) is 8.42 Å². The molecule has 0 spiro atoms. The van der Waals surface area contributed by atoms with E-state index in [1.807, 2.05) is 0 Å². The van der Waals surface area contributed by atoms with Crippen molar-refractivity contribution in [2.24, 2.45) is 0 Å². The summed E-state index contributed by atoms with van der Waals surface area (Å²) in [4.78, 5) is 0. The number of hydrogen-bond acceptors (Lipinski definition) is 5. The summed E-state index contributed by atoms with van der Waals surface area (Å²) in [7, 11) is -1.70. The maximum atomic E-state index is 10.8. The second kappa shape index (κ2) is 3.41. The van der Waals surface area contributed by atoms with E-state index >= 15 is 0 Å². The topological polar surface area (TPSA) is 34.1 Å². The third kappa shape index (κ3) is 3.06. The Balaban J connectivity index is 2.56. The predicted octanol–water partition coefficient (Wildman–Crippen LogP) is 1.40. The van der Waals surface area contributed by atoms with Crippen LogP contribution in [-0.4, -0.2) is 23.7 Å². The van der Waals surface area contributed by atoms with Crippen LogP contribution in [0.3, 0.4) is 0 Å². The molecule has 0 radical (unpaired) electrons. The van der Waals surface area contributed by atoms with Crippen LogP contribution in [0.5, 0.6) is 0 Å². The fourth-order valence-corrected chi connectivity index (χ4v) is 7.71. The molecule has 0 unspecified atom stereocenters. The molecule has 0 aromatic heterocycles. The third-order valence-corrected chi connectivity index (χ3v) is 8.08. The summed E-state index contributed by atoms with van der Waals surface area (Å²) in [5.74, 6) is 0. The maximum Gasteiger partial charge on any atom is 0.211 e. The highest BCUT2D eigenvalue weighted by atomic mass is 33.1. The van der Waals surface area contributed by atoms with E-state index in [9.17, 15) is 8.42 Å². The van der Waals surface area contributed by atoms with Crippen molar-refractivity contribution in [3.8, 4) is 0 Å². The molecule has 1 rings (SSSR count). The predicted molar refractivity (Wildman–Crippen MR) is 46.3 cm³/mol. The van der Waals surface area contributed by atoms with Gasteiger partial charge in [0.25, 0.3) is 0 Å². The van der Waals surface area contributed by atoms with E-state index in [-0.39, 0.29) is 5.08 Å². The van der Waals surface area contributed by atoms with Crippen molar-refractivity contribution in [3.05, 3.63) is 0 Å². The van der Waals surface area contributed by atoms with Crippen molar-refractivity contribution in [2.75, 3.05) is 15.3 Å². The van der Waals surface area contributed by atoms with Crippen LogP contribution in [0.1, 0.15) is 0 Å². The molecule has 0 N–H and O–H groups in total. The molecule has 6 heteroatoms. The van der Waals surface area contributed by atoms with Crippen LogP contribution in [0.15, 0.2) is 0 Å². The molecule has 1 heterocycles. The molecule has 0 aromatic carbocycles. The quantitative estimate of drug-likeness (QED) is 0.555. The third-order valence-electron chi connectivity index (χ3n) is 0.705. The lowest BCUT2D eigenvalue weighted by molar-refractivity contribution is 0.615. The average molecular weight is 202 g/mol. The zero-order valence-electron chi connectivity index (χ0n) is 4.57. The van der Waals surface area contributed by atoms with Crippen molar-refractivity contribution in [1.29, 1.82) is 0 Å². The Morgan fingerprint density at radius 1 is 1.11 bits per heavy atom. The number of hydrogen-bond donors (Lipinski definition) is 0. The lowest BCUT2D eigenvalue weighted by Crippen LogP contribution is -1.94. The van der Waals surface area contributed by atoms with Crippen LogP contribution in [0.4, 0.5) is 0 Å². The van der Waals surface area contributed by atoms with E-state index in [4.69, 9.17) is 0 Å². The molecule has 0 aromatic rings. The van der Waals surface area contributed by atoms with Gasteiger partial charge in [0.2, 0.25) is 8.87 Å². The van der Waals surface area contributed by atoms with E-state index in [1.54, 1.807) is 11.8 Å². The van der Waals surface area contributed by atoms with Crippen LogP contribution in [0.25, 0.3) is 0 Å². The molecule has 0 aliphatic carbocycles. The lowest BCUT2D eigenvalue weighted by atomic mass is 11.8. The van der Waals surface area contributed by atoms with E-state index in [1.165, 1.54) is 11.8 Å². The molecule has 1 aliphatic rings. The van der Waals surface area contributed by atoms with Crippen molar-refractivity contribution in [1.82, 2.24) is 0 Å². The highest BCUT2D eigenvalue weighted by Gasteiger charge is 2.14. The van der Waals surface area contributed by atoms with Gasteiger partial charge in [0.15, 0.2) is 0 Å². The first-order chi connectivity index (χ1) is 4.21. The fraction of sp³-hybridized carbons (Fsp3) is 1.00. The molecule has 0 amide bonds. The zero-order valence-corrected chi connectivity index (χ0v) is 7.84. The molecular weight excluding hydrogens is 196 g/mol. The van der Waals surface area contributed by atoms with Crippen LogP contribution in [0.2, 0.25) is 0 Å². The molecule has 0 saturated carbocycles. The molecular formula is C3H6O2S4. The smallest absolute Gasteiger partial charge is 0.211 e. The summed E-state index contributed by atoms with van der Waals surface area (Å²) >= 11 is 3.14. The van der Waals surface area contributed by atoms with Crippen molar-refractivity contribution in [2.45, 2.75) is 0 Å². The standard InChI is InChI=1S/C3H6O2S4/c4-9(5)3-7-1-6-2-8-9/h1-3H2. The van der Waals surface area contributed by atoms with Gasteiger partial charge in [-0.15, -0.1) is 23.5 Å². The average Bonchev–Trinajstić information content (AvgIpc) is 1.92. The van der Waals surface area contributed by atoms with Gasteiger partial charge < -0.3 is 0 Å². The number of thioether (sulfide) groups is 2.